The number of rotatable bonds is 4. The van der Waals surface area contributed by atoms with Gasteiger partial charge in [-0.1, -0.05) is 36.1 Å². The van der Waals surface area contributed by atoms with Crippen LogP contribution in [0.5, 0.6) is 0 Å². The van der Waals surface area contributed by atoms with Crippen LogP contribution in [0.1, 0.15) is 12.0 Å². The van der Waals surface area contributed by atoms with Crippen LogP contribution in [0.15, 0.2) is 43.0 Å². The fraction of sp³-hybridized carbons (Fsp3) is 0.167. The second kappa shape index (κ2) is 6.95. The van der Waals surface area contributed by atoms with Crippen molar-refractivity contribution in [1.82, 2.24) is 5.09 Å². The molecule has 15 heavy (non-hydrogen) atoms. The summed E-state index contributed by atoms with van der Waals surface area (Å²) >= 11 is 0. The van der Waals surface area contributed by atoms with Crippen molar-refractivity contribution < 1.29 is 4.57 Å². The minimum atomic E-state index is -0.109. The molecule has 0 aromatic heterocycles. The Morgan fingerprint density at radius 1 is 1.47 bits per heavy atom. The lowest BCUT2D eigenvalue weighted by molar-refractivity contribution is 0.587. The molecule has 1 N–H and O–H groups in total. The van der Waals surface area contributed by atoms with Crippen molar-refractivity contribution in [2.75, 3.05) is 0 Å². The molecule has 1 aromatic rings. The molecule has 0 fully saturated rings. The van der Waals surface area contributed by atoms with E-state index in [2.05, 4.69) is 23.5 Å². The Kier molecular flexibility index (Phi) is 5.40. The van der Waals surface area contributed by atoms with Crippen LogP contribution in [0.25, 0.3) is 0 Å². The summed E-state index contributed by atoms with van der Waals surface area (Å²) in [5, 5.41) is 2.73. The lowest BCUT2D eigenvalue weighted by atomic mass is 10.2. The van der Waals surface area contributed by atoms with Gasteiger partial charge in [-0.15, -0.1) is 6.58 Å². The van der Waals surface area contributed by atoms with E-state index in [4.69, 9.17) is 0 Å². The molecular weight excluding hydrogens is 205 g/mol. The molecule has 0 radical (unpaired) electrons. The summed E-state index contributed by atoms with van der Waals surface area (Å²) in [6, 6.07) is 9.58. The van der Waals surface area contributed by atoms with E-state index in [1.54, 1.807) is 6.08 Å². The quantitative estimate of drug-likeness (QED) is 0.477. The third-order valence-electron chi connectivity index (χ3n) is 1.78. The van der Waals surface area contributed by atoms with Crippen LogP contribution in [-0.4, -0.2) is 6.04 Å². The molecule has 1 unspecified atom stereocenters. The predicted octanol–water partition coefficient (Wildman–Crippen LogP) is 2.78. The third-order valence-corrected chi connectivity index (χ3v) is 2.19. The van der Waals surface area contributed by atoms with Crippen LogP contribution in [0.4, 0.5) is 0 Å². The minimum absolute atomic E-state index is 0.100. The molecule has 1 rings (SSSR count). The molecular formula is C12H12NOP. The van der Waals surface area contributed by atoms with Crippen LogP contribution in [0.2, 0.25) is 0 Å². The van der Waals surface area contributed by atoms with Gasteiger partial charge in [0.15, 0.2) is 0 Å². The molecule has 0 bridgehead atoms. The highest BCUT2D eigenvalue weighted by atomic mass is 31.1. The van der Waals surface area contributed by atoms with E-state index in [1.165, 1.54) is 0 Å². The Hall–Kier alpha value is -1.42. The lowest BCUT2D eigenvalue weighted by Gasteiger charge is -2.02. The Morgan fingerprint density at radius 3 is 2.80 bits per heavy atom. The smallest absolute Gasteiger partial charge is 0.247 e. The molecule has 0 saturated carbocycles. The van der Waals surface area contributed by atoms with Gasteiger partial charge in [-0.05, 0) is 18.6 Å². The Bertz CT molecular complexity index is 368. The van der Waals surface area contributed by atoms with Gasteiger partial charge >= 0.3 is 0 Å². The highest BCUT2D eigenvalue weighted by Gasteiger charge is 1.99. The first-order valence-corrected chi connectivity index (χ1v) is 5.43. The standard InChI is InChI=1S/C12H12NOP/c1-2-6-12(13-15-14)10-9-11-7-4-3-5-8-11/h2-5,7-8,12H,1,6H2,(H,13,14). The summed E-state index contributed by atoms with van der Waals surface area (Å²) in [4.78, 5) is 0. The summed E-state index contributed by atoms with van der Waals surface area (Å²) in [7, 11) is -0.100. The van der Waals surface area contributed by atoms with Crippen molar-refractivity contribution in [3.63, 3.8) is 0 Å². The Morgan fingerprint density at radius 2 is 2.20 bits per heavy atom. The number of hydrogen-bond donors (Lipinski definition) is 1. The zero-order chi connectivity index (χ0) is 10.9. The topological polar surface area (TPSA) is 29.1 Å². The van der Waals surface area contributed by atoms with Gasteiger partial charge in [0.2, 0.25) is 8.61 Å². The van der Waals surface area contributed by atoms with Crippen molar-refractivity contribution in [2.45, 2.75) is 12.5 Å². The average Bonchev–Trinajstić information content (AvgIpc) is 2.28. The van der Waals surface area contributed by atoms with E-state index in [9.17, 15) is 4.57 Å². The van der Waals surface area contributed by atoms with Gasteiger partial charge in [0, 0.05) is 5.56 Å². The van der Waals surface area contributed by atoms with E-state index in [-0.39, 0.29) is 14.7 Å². The maximum absolute atomic E-state index is 10.4. The highest BCUT2D eigenvalue weighted by molar-refractivity contribution is 7.21. The van der Waals surface area contributed by atoms with Crippen molar-refractivity contribution in [1.29, 1.82) is 0 Å². The fourth-order valence-electron chi connectivity index (χ4n) is 1.07. The molecule has 0 aliphatic heterocycles. The predicted molar refractivity (Wildman–Crippen MR) is 62.7 cm³/mol. The van der Waals surface area contributed by atoms with Crippen LogP contribution in [0, 0.1) is 11.8 Å². The molecule has 0 spiro atoms. The maximum Gasteiger partial charge on any atom is 0.247 e. The first-order chi connectivity index (χ1) is 7.36. The number of hydrogen-bond acceptors (Lipinski definition) is 1. The normalized spacial score (nSPS) is 11.5. The molecule has 2 nitrogen and oxygen atoms in total. The summed E-state index contributed by atoms with van der Waals surface area (Å²) in [5.74, 6) is 6.01. The van der Waals surface area contributed by atoms with Gasteiger partial charge < -0.3 is 0 Å². The van der Waals surface area contributed by atoms with Crippen molar-refractivity contribution in [3.8, 4) is 11.8 Å². The monoisotopic (exact) mass is 217 g/mol. The zero-order valence-corrected chi connectivity index (χ0v) is 9.21. The Labute approximate surface area is 91.7 Å². The molecule has 76 valence electrons. The first kappa shape index (κ1) is 11.7. The summed E-state index contributed by atoms with van der Waals surface area (Å²) < 4.78 is 10.4. The summed E-state index contributed by atoms with van der Waals surface area (Å²) in [6.07, 6.45) is 2.43. The van der Waals surface area contributed by atoms with Gasteiger partial charge in [0.25, 0.3) is 0 Å². The van der Waals surface area contributed by atoms with E-state index in [1.807, 2.05) is 30.3 Å². The van der Waals surface area contributed by atoms with Crippen molar-refractivity contribution in [2.24, 2.45) is 0 Å². The number of nitrogens with one attached hydrogen (secondary N) is 1. The first-order valence-electron chi connectivity index (χ1n) is 4.62. The Balaban J connectivity index is 2.68. The lowest BCUT2D eigenvalue weighted by Crippen LogP contribution is -2.17. The zero-order valence-electron chi connectivity index (χ0n) is 8.31. The minimum Gasteiger partial charge on any atom is -0.256 e. The average molecular weight is 217 g/mol. The van der Waals surface area contributed by atoms with E-state index in [0.717, 1.165) is 5.56 Å². The van der Waals surface area contributed by atoms with Gasteiger partial charge in [0.1, 0.15) is 0 Å². The second-order valence-electron chi connectivity index (χ2n) is 2.93. The van der Waals surface area contributed by atoms with Gasteiger partial charge in [-0.3, -0.25) is 4.57 Å². The van der Waals surface area contributed by atoms with Gasteiger partial charge in [-0.25, -0.2) is 5.09 Å². The number of benzene rings is 1. The largest absolute Gasteiger partial charge is 0.256 e. The SMILES string of the molecule is C=CCC(C#Cc1ccccc1)NP=O. The van der Waals surface area contributed by atoms with E-state index >= 15 is 0 Å². The molecule has 3 heteroatoms. The molecule has 1 aromatic carbocycles. The summed E-state index contributed by atoms with van der Waals surface area (Å²) in [5.41, 5.74) is 0.955. The van der Waals surface area contributed by atoms with Crippen LogP contribution < -0.4 is 5.09 Å². The van der Waals surface area contributed by atoms with Gasteiger partial charge in [-0.2, -0.15) is 0 Å². The third kappa shape index (κ3) is 4.56. The molecule has 0 aliphatic rings. The fourth-order valence-corrected chi connectivity index (χ4v) is 1.36. The van der Waals surface area contributed by atoms with E-state index < -0.39 is 0 Å². The van der Waals surface area contributed by atoms with Crippen LogP contribution in [-0.2, 0) is 4.57 Å². The highest BCUT2D eigenvalue weighted by Crippen LogP contribution is 1.99. The molecule has 1 atom stereocenters. The molecule has 0 heterocycles. The molecule has 0 amide bonds. The molecule has 0 aliphatic carbocycles. The van der Waals surface area contributed by atoms with E-state index in [0.29, 0.717) is 6.42 Å². The molecule has 0 saturated heterocycles. The second-order valence-corrected chi connectivity index (χ2v) is 3.37. The summed E-state index contributed by atoms with van der Waals surface area (Å²) in [6.45, 7) is 3.62. The maximum atomic E-state index is 10.4. The van der Waals surface area contributed by atoms with Crippen LogP contribution in [0.3, 0.4) is 0 Å². The van der Waals surface area contributed by atoms with Crippen molar-refractivity contribution >= 4 is 8.61 Å². The van der Waals surface area contributed by atoms with Crippen molar-refractivity contribution in [3.05, 3.63) is 48.6 Å². The van der Waals surface area contributed by atoms with Crippen LogP contribution >= 0.6 is 8.61 Å². The van der Waals surface area contributed by atoms with Gasteiger partial charge in [0.05, 0.1) is 6.04 Å².